The van der Waals surface area contributed by atoms with Gasteiger partial charge in [-0.05, 0) is 19.1 Å². The highest BCUT2D eigenvalue weighted by molar-refractivity contribution is 5.51. The molecular formula is C19H23F3N6O. The minimum atomic E-state index is -4.42. The number of anilines is 3. The average molecular weight is 408 g/mol. The Labute approximate surface area is 167 Å². The predicted octanol–water partition coefficient (Wildman–Crippen LogP) is 2.36. The standard InChI is InChI=1S/C19H23F3N6O/c1-14-13-16(26-9-11-29-12-10-26)25-18(24-14)28-7-5-27(6-8-28)17-15(19(20,21)22)3-2-4-23-17/h2-4,13H,5-12H2,1H3. The van der Waals surface area contributed by atoms with Crippen LogP contribution in [0.25, 0.3) is 0 Å². The van der Waals surface area contributed by atoms with Crippen molar-refractivity contribution >= 4 is 17.6 Å². The van der Waals surface area contributed by atoms with Gasteiger partial charge < -0.3 is 19.4 Å². The number of halogens is 3. The van der Waals surface area contributed by atoms with Gasteiger partial charge in [0.25, 0.3) is 0 Å². The second-order valence-electron chi connectivity index (χ2n) is 7.11. The predicted molar refractivity (Wildman–Crippen MR) is 103 cm³/mol. The first-order valence-corrected chi connectivity index (χ1v) is 9.62. The monoisotopic (exact) mass is 408 g/mol. The molecule has 4 rings (SSSR count). The Morgan fingerprint density at radius 2 is 1.62 bits per heavy atom. The Morgan fingerprint density at radius 3 is 2.31 bits per heavy atom. The summed E-state index contributed by atoms with van der Waals surface area (Å²) in [7, 11) is 0. The van der Waals surface area contributed by atoms with Gasteiger partial charge in [0.1, 0.15) is 11.6 Å². The van der Waals surface area contributed by atoms with E-state index >= 15 is 0 Å². The second-order valence-corrected chi connectivity index (χ2v) is 7.11. The first-order chi connectivity index (χ1) is 13.9. The van der Waals surface area contributed by atoms with Crippen LogP contribution in [0, 0.1) is 6.92 Å². The van der Waals surface area contributed by atoms with E-state index in [-0.39, 0.29) is 5.82 Å². The van der Waals surface area contributed by atoms with Crippen molar-refractivity contribution in [3.63, 3.8) is 0 Å². The SMILES string of the molecule is Cc1cc(N2CCOCC2)nc(N2CCN(c3ncccc3C(F)(F)F)CC2)n1. The smallest absolute Gasteiger partial charge is 0.378 e. The molecule has 10 heteroatoms. The molecule has 0 radical (unpaired) electrons. The Morgan fingerprint density at radius 1 is 0.931 bits per heavy atom. The molecule has 0 amide bonds. The summed E-state index contributed by atoms with van der Waals surface area (Å²) >= 11 is 0. The van der Waals surface area contributed by atoms with Crippen LogP contribution in [0.1, 0.15) is 11.3 Å². The third-order valence-corrected chi connectivity index (χ3v) is 5.12. The molecule has 0 atom stereocenters. The summed E-state index contributed by atoms with van der Waals surface area (Å²) in [5, 5.41) is 0. The van der Waals surface area contributed by atoms with Gasteiger partial charge in [-0.15, -0.1) is 0 Å². The molecular weight excluding hydrogens is 385 g/mol. The lowest BCUT2D eigenvalue weighted by Crippen LogP contribution is -2.48. The van der Waals surface area contributed by atoms with Gasteiger partial charge in [-0.3, -0.25) is 0 Å². The van der Waals surface area contributed by atoms with Gasteiger partial charge in [0.05, 0.1) is 18.8 Å². The van der Waals surface area contributed by atoms with Crippen molar-refractivity contribution in [3.05, 3.63) is 35.7 Å². The lowest BCUT2D eigenvalue weighted by molar-refractivity contribution is -0.137. The molecule has 4 heterocycles. The van der Waals surface area contributed by atoms with E-state index in [1.165, 1.54) is 12.3 Å². The number of hydrogen-bond donors (Lipinski definition) is 0. The quantitative estimate of drug-likeness (QED) is 0.773. The van der Waals surface area contributed by atoms with Crippen LogP contribution in [-0.4, -0.2) is 67.4 Å². The van der Waals surface area contributed by atoms with Crippen molar-refractivity contribution in [2.24, 2.45) is 0 Å². The summed E-state index contributed by atoms with van der Waals surface area (Å²) in [6.07, 6.45) is -3.03. The maximum atomic E-state index is 13.3. The summed E-state index contributed by atoms with van der Waals surface area (Å²) in [6, 6.07) is 4.35. The van der Waals surface area contributed by atoms with Crippen molar-refractivity contribution in [1.29, 1.82) is 0 Å². The molecule has 2 fully saturated rings. The minimum absolute atomic E-state index is 0.0150. The zero-order valence-corrected chi connectivity index (χ0v) is 16.2. The normalized spacial score (nSPS) is 18.3. The third kappa shape index (κ3) is 4.36. The largest absolute Gasteiger partial charge is 0.419 e. The van der Waals surface area contributed by atoms with Gasteiger partial charge in [0.2, 0.25) is 5.95 Å². The molecule has 29 heavy (non-hydrogen) atoms. The van der Waals surface area contributed by atoms with Crippen molar-refractivity contribution in [3.8, 4) is 0 Å². The second kappa shape index (κ2) is 8.02. The van der Waals surface area contributed by atoms with Gasteiger partial charge >= 0.3 is 6.18 Å². The highest BCUT2D eigenvalue weighted by atomic mass is 19.4. The van der Waals surface area contributed by atoms with Gasteiger partial charge in [0, 0.05) is 57.2 Å². The van der Waals surface area contributed by atoms with Gasteiger partial charge in [-0.2, -0.15) is 18.2 Å². The van der Waals surface area contributed by atoms with Crippen LogP contribution in [-0.2, 0) is 10.9 Å². The number of morpholine rings is 1. The number of piperazine rings is 1. The first kappa shape index (κ1) is 19.7. The number of aryl methyl sites for hydroxylation is 1. The number of alkyl halides is 3. The maximum absolute atomic E-state index is 13.3. The summed E-state index contributed by atoms with van der Waals surface area (Å²) in [6.45, 7) is 6.72. The van der Waals surface area contributed by atoms with Crippen LogP contribution in [0.15, 0.2) is 24.4 Å². The lowest BCUT2D eigenvalue weighted by atomic mass is 10.2. The fourth-order valence-electron chi connectivity index (χ4n) is 3.62. The van der Waals surface area contributed by atoms with E-state index in [4.69, 9.17) is 9.72 Å². The Kier molecular flexibility index (Phi) is 5.44. The molecule has 2 aromatic rings. The zero-order valence-electron chi connectivity index (χ0n) is 16.2. The number of pyridine rings is 1. The number of nitrogens with zero attached hydrogens (tertiary/aromatic N) is 6. The van der Waals surface area contributed by atoms with Gasteiger partial charge in [0.15, 0.2) is 0 Å². The number of hydrogen-bond acceptors (Lipinski definition) is 7. The Balaban J connectivity index is 1.49. The maximum Gasteiger partial charge on any atom is 0.419 e. The number of rotatable bonds is 3. The molecule has 0 bridgehead atoms. The summed E-state index contributed by atoms with van der Waals surface area (Å²) < 4.78 is 45.3. The van der Waals surface area contributed by atoms with E-state index in [2.05, 4.69) is 14.9 Å². The van der Waals surface area contributed by atoms with Crippen molar-refractivity contribution < 1.29 is 17.9 Å². The van der Waals surface area contributed by atoms with E-state index in [1.807, 2.05) is 17.9 Å². The molecule has 0 N–H and O–H groups in total. The summed E-state index contributed by atoms with van der Waals surface area (Å²) in [5.41, 5.74) is 0.165. The van der Waals surface area contributed by atoms with Crippen LogP contribution in [0.5, 0.6) is 0 Å². The highest BCUT2D eigenvalue weighted by Crippen LogP contribution is 2.35. The lowest BCUT2D eigenvalue weighted by Gasteiger charge is -2.37. The third-order valence-electron chi connectivity index (χ3n) is 5.12. The summed E-state index contributed by atoms with van der Waals surface area (Å²) in [5.74, 6) is 1.46. The number of ether oxygens (including phenoxy) is 1. The Bertz CT molecular complexity index is 848. The molecule has 0 unspecified atom stereocenters. The zero-order chi connectivity index (χ0) is 20.4. The van der Waals surface area contributed by atoms with Crippen LogP contribution >= 0.6 is 0 Å². The molecule has 2 saturated heterocycles. The van der Waals surface area contributed by atoms with Crippen LogP contribution in [0.4, 0.5) is 30.8 Å². The highest BCUT2D eigenvalue weighted by Gasteiger charge is 2.36. The van der Waals surface area contributed by atoms with E-state index in [0.29, 0.717) is 45.3 Å². The molecule has 2 aliphatic rings. The fourth-order valence-corrected chi connectivity index (χ4v) is 3.62. The van der Waals surface area contributed by atoms with E-state index in [9.17, 15) is 13.2 Å². The first-order valence-electron chi connectivity index (χ1n) is 9.62. The summed E-state index contributed by atoms with van der Waals surface area (Å²) in [4.78, 5) is 19.1. The molecule has 0 saturated carbocycles. The molecule has 0 aromatic carbocycles. The van der Waals surface area contributed by atoms with Crippen LogP contribution in [0.3, 0.4) is 0 Å². The molecule has 2 aliphatic heterocycles. The minimum Gasteiger partial charge on any atom is -0.378 e. The van der Waals surface area contributed by atoms with Crippen LogP contribution < -0.4 is 14.7 Å². The Hall–Kier alpha value is -2.62. The average Bonchev–Trinajstić information content (AvgIpc) is 2.73. The van der Waals surface area contributed by atoms with Crippen molar-refractivity contribution in [2.45, 2.75) is 13.1 Å². The van der Waals surface area contributed by atoms with Crippen molar-refractivity contribution in [1.82, 2.24) is 15.0 Å². The van der Waals surface area contributed by atoms with Crippen molar-refractivity contribution in [2.75, 3.05) is 67.2 Å². The number of aromatic nitrogens is 3. The topological polar surface area (TPSA) is 57.6 Å². The van der Waals surface area contributed by atoms with E-state index < -0.39 is 11.7 Å². The molecule has 0 spiro atoms. The van der Waals surface area contributed by atoms with Gasteiger partial charge in [-0.1, -0.05) is 0 Å². The molecule has 156 valence electrons. The van der Waals surface area contributed by atoms with Gasteiger partial charge in [-0.25, -0.2) is 9.97 Å². The van der Waals surface area contributed by atoms with Crippen LogP contribution in [0.2, 0.25) is 0 Å². The fraction of sp³-hybridized carbons (Fsp3) is 0.526. The van der Waals surface area contributed by atoms with E-state index in [1.54, 1.807) is 4.90 Å². The van der Waals surface area contributed by atoms with E-state index in [0.717, 1.165) is 30.7 Å². The molecule has 0 aliphatic carbocycles. The molecule has 2 aromatic heterocycles. The molecule has 7 nitrogen and oxygen atoms in total.